The van der Waals surface area contributed by atoms with Gasteiger partial charge in [0.15, 0.2) is 0 Å². The molecule has 1 amide bonds. The Bertz CT molecular complexity index is 862. The molecule has 0 unspecified atom stereocenters. The van der Waals surface area contributed by atoms with Gasteiger partial charge in [0.25, 0.3) is 5.91 Å². The molecule has 162 valence electrons. The zero-order valence-corrected chi connectivity index (χ0v) is 15.5. The van der Waals surface area contributed by atoms with E-state index in [4.69, 9.17) is 23.9 Å². The Labute approximate surface area is 168 Å². The number of amides is 1. The molecule has 2 aromatic heterocycles. The van der Waals surface area contributed by atoms with E-state index in [1.165, 1.54) is 12.5 Å². The van der Waals surface area contributed by atoms with Gasteiger partial charge in [-0.25, -0.2) is 4.79 Å². The highest BCUT2D eigenvalue weighted by atomic mass is 19.4. The highest BCUT2D eigenvalue weighted by molar-refractivity contribution is 5.93. The first-order valence-electron chi connectivity index (χ1n) is 8.88. The fraction of sp³-hybridized carbons (Fsp3) is 0.444. The summed E-state index contributed by atoms with van der Waals surface area (Å²) < 4.78 is 48.4. The zero-order chi connectivity index (χ0) is 21.8. The lowest BCUT2D eigenvalue weighted by molar-refractivity contribution is -0.192. The van der Waals surface area contributed by atoms with Crippen molar-refractivity contribution in [2.45, 2.75) is 30.7 Å². The van der Waals surface area contributed by atoms with Crippen LogP contribution in [0.2, 0.25) is 0 Å². The number of carboxylic acids is 1. The van der Waals surface area contributed by atoms with Crippen molar-refractivity contribution in [2.24, 2.45) is 0 Å². The van der Waals surface area contributed by atoms with Crippen LogP contribution in [0.25, 0.3) is 0 Å². The standard InChI is InChI=1S/C16H17N3O4.C2HF3O2/c20-15(12-7-18-22-9-12)19-5-3-16(11-19)6-14(10-21-16)23-13-2-1-4-17-8-13;3-2(4,5)1(6)7/h1-2,4,7-9,14H,3,5-6,10-11H2;(H,6,7)/t14-,16-;/m0./s1. The number of aromatic nitrogens is 2. The molecule has 9 nitrogen and oxygen atoms in total. The molecule has 1 spiro atoms. The van der Waals surface area contributed by atoms with Crippen molar-refractivity contribution in [1.29, 1.82) is 0 Å². The van der Waals surface area contributed by atoms with Crippen LogP contribution in [0.4, 0.5) is 13.2 Å². The van der Waals surface area contributed by atoms with Gasteiger partial charge < -0.3 is 24.0 Å². The van der Waals surface area contributed by atoms with Crippen molar-refractivity contribution in [3.8, 4) is 5.75 Å². The van der Waals surface area contributed by atoms with E-state index >= 15 is 0 Å². The maximum Gasteiger partial charge on any atom is 0.490 e. The van der Waals surface area contributed by atoms with Crippen LogP contribution < -0.4 is 4.74 Å². The fourth-order valence-corrected chi connectivity index (χ4v) is 3.28. The number of carboxylic acid groups (broad SMARTS) is 1. The number of hydrogen-bond acceptors (Lipinski definition) is 7. The summed E-state index contributed by atoms with van der Waals surface area (Å²) in [5, 5.41) is 10.7. The third-order valence-electron chi connectivity index (χ3n) is 4.64. The Balaban J connectivity index is 0.000000318. The molecule has 4 heterocycles. The molecule has 0 bridgehead atoms. The van der Waals surface area contributed by atoms with E-state index in [1.54, 1.807) is 17.3 Å². The molecular formula is C18H18F3N3O6. The van der Waals surface area contributed by atoms with Crippen molar-refractivity contribution in [2.75, 3.05) is 19.7 Å². The Morgan fingerprint density at radius 3 is 2.70 bits per heavy atom. The number of alkyl halides is 3. The molecule has 1 N–H and O–H groups in total. The van der Waals surface area contributed by atoms with Crippen LogP contribution >= 0.6 is 0 Å². The van der Waals surface area contributed by atoms with Crippen LogP contribution in [0, 0.1) is 0 Å². The minimum atomic E-state index is -5.08. The van der Waals surface area contributed by atoms with Crippen molar-refractivity contribution in [3.63, 3.8) is 0 Å². The molecule has 2 aromatic rings. The van der Waals surface area contributed by atoms with Crippen LogP contribution in [0.1, 0.15) is 23.2 Å². The number of hydrogen-bond donors (Lipinski definition) is 1. The summed E-state index contributed by atoms with van der Waals surface area (Å²) in [6.45, 7) is 1.78. The number of aliphatic carboxylic acids is 1. The maximum atomic E-state index is 12.4. The summed E-state index contributed by atoms with van der Waals surface area (Å²) in [5.74, 6) is -2.08. The lowest BCUT2D eigenvalue weighted by atomic mass is 9.98. The van der Waals surface area contributed by atoms with Gasteiger partial charge in [-0.1, -0.05) is 5.16 Å². The Kier molecular flexibility index (Phi) is 6.25. The first-order chi connectivity index (χ1) is 14.2. The normalized spacial score (nSPS) is 23.2. The van der Waals surface area contributed by atoms with E-state index in [0.717, 1.165) is 18.6 Å². The van der Waals surface area contributed by atoms with Crippen molar-refractivity contribution < 1.29 is 41.9 Å². The van der Waals surface area contributed by atoms with E-state index in [0.29, 0.717) is 25.3 Å². The lowest BCUT2D eigenvalue weighted by Gasteiger charge is -2.23. The SMILES string of the molecule is O=C(O)C(F)(F)F.O=C(c1cnoc1)N1CC[C@]2(C[C@H](Oc3cccnc3)CO2)C1. The first kappa shape index (κ1) is 21.6. The van der Waals surface area contributed by atoms with Crippen molar-refractivity contribution in [1.82, 2.24) is 15.0 Å². The molecule has 0 saturated carbocycles. The molecule has 30 heavy (non-hydrogen) atoms. The molecule has 2 saturated heterocycles. The molecule has 2 aliphatic rings. The second-order valence-corrected chi connectivity index (χ2v) is 6.82. The summed E-state index contributed by atoms with van der Waals surface area (Å²) in [6, 6.07) is 3.73. The predicted molar refractivity (Wildman–Crippen MR) is 92.7 cm³/mol. The highest BCUT2D eigenvalue weighted by Gasteiger charge is 2.47. The minimum absolute atomic E-state index is 0.00940. The van der Waals surface area contributed by atoms with E-state index in [1.807, 2.05) is 12.1 Å². The lowest BCUT2D eigenvalue weighted by Crippen LogP contribution is -2.36. The highest BCUT2D eigenvalue weighted by Crippen LogP contribution is 2.37. The summed E-state index contributed by atoms with van der Waals surface area (Å²) >= 11 is 0. The first-order valence-corrected chi connectivity index (χ1v) is 8.88. The number of nitrogens with zero attached hydrogens (tertiary/aromatic N) is 3. The predicted octanol–water partition coefficient (Wildman–Crippen LogP) is 2.16. The molecule has 2 fully saturated rings. The summed E-state index contributed by atoms with van der Waals surface area (Å²) in [7, 11) is 0. The molecule has 2 aliphatic heterocycles. The van der Waals surface area contributed by atoms with Crippen LogP contribution in [0.3, 0.4) is 0 Å². The van der Waals surface area contributed by atoms with E-state index in [-0.39, 0.29) is 17.6 Å². The molecule has 0 aliphatic carbocycles. The monoisotopic (exact) mass is 429 g/mol. The van der Waals surface area contributed by atoms with Crippen molar-refractivity contribution in [3.05, 3.63) is 42.5 Å². The Hall–Kier alpha value is -3.15. The molecule has 4 rings (SSSR count). The van der Waals surface area contributed by atoms with Gasteiger partial charge in [-0.05, 0) is 18.6 Å². The van der Waals surface area contributed by atoms with Crippen LogP contribution in [-0.2, 0) is 9.53 Å². The molecule has 12 heteroatoms. The zero-order valence-electron chi connectivity index (χ0n) is 15.5. The van der Waals surface area contributed by atoms with Gasteiger partial charge in [-0.3, -0.25) is 9.78 Å². The van der Waals surface area contributed by atoms with Gasteiger partial charge in [0, 0.05) is 19.2 Å². The van der Waals surface area contributed by atoms with Gasteiger partial charge in [-0.15, -0.1) is 0 Å². The molecular weight excluding hydrogens is 411 g/mol. The minimum Gasteiger partial charge on any atom is -0.486 e. The van der Waals surface area contributed by atoms with E-state index in [2.05, 4.69) is 10.1 Å². The van der Waals surface area contributed by atoms with Gasteiger partial charge in [0.2, 0.25) is 0 Å². The topological polar surface area (TPSA) is 115 Å². The largest absolute Gasteiger partial charge is 0.490 e. The van der Waals surface area contributed by atoms with Gasteiger partial charge in [0.05, 0.1) is 36.7 Å². The average Bonchev–Trinajstić information content (AvgIpc) is 3.45. The number of pyridine rings is 1. The third-order valence-corrected chi connectivity index (χ3v) is 4.64. The Morgan fingerprint density at radius 1 is 1.33 bits per heavy atom. The average molecular weight is 429 g/mol. The maximum absolute atomic E-state index is 12.4. The van der Waals surface area contributed by atoms with Crippen LogP contribution in [0.15, 0.2) is 41.5 Å². The number of carbonyl (C=O) groups is 2. The van der Waals surface area contributed by atoms with Crippen LogP contribution in [-0.4, -0.2) is 69.6 Å². The van der Waals surface area contributed by atoms with E-state index in [9.17, 15) is 18.0 Å². The van der Waals surface area contributed by atoms with Gasteiger partial charge >= 0.3 is 12.1 Å². The number of halogens is 3. The molecule has 0 aromatic carbocycles. The number of likely N-dealkylation sites (tertiary alicyclic amines) is 1. The summed E-state index contributed by atoms with van der Waals surface area (Å²) in [5.41, 5.74) is 0.169. The van der Waals surface area contributed by atoms with Gasteiger partial charge in [-0.2, -0.15) is 13.2 Å². The second kappa shape index (κ2) is 8.69. The number of carbonyl (C=O) groups excluding carboxylic acids is 1. The quantitative estimate of drug-likeness (QED) is 0.789. The molecule has 0 radical (unpaired) electrons. The van der Waals surface area contributed by atoms with Crippen molar-refractivity contribution >= 4 is 11.9 Å². The number of ether oxygens (including phenoxy) is 2. The van der Waals surface area contributed by atoms with E-state index < -0.39 is 12.1 Å². The summed E-state index contributed by atoms with van der Waals surface area (Å²) in [6.07, 6.45) is 2.72. The Morgan fingerprint density at radius 2 is 2.10 bits per heavy atom. The second-order valence-electron chi connectivity index (χ2n) is 6.82. The third kappa shape index (κ3) is 5.26. The van der Waals surface area contributed by atoms with Crippen LogP contribution in [0.5, 0.6) is 5.75 Å². The molecule has 2 atom stereocenters. The smallest absolute Gasteiger partial charge is 0.486 e. The number of rotatable bonds is 3. The fourth-order valence-electron chi connectivity index (χ4n) is 3.28. The summed E-state index contributed by atoms with van der Waals surface area (Å²) in [4.78, 5) is 27.1. The van der Waals surface area contributed by atoms with Gasteiger partial charge in [0.1, 0.15) is 18.1 Å².